The molecule has 77 heavy (non-hydrogen) atoms. The van der Waals surface area contributed by atoms with Crippen LogP contribution < -0.4 is 16.1 Å². The SMILES string of the molecule is COC(=O)[C@H](Cc1ccc(Br)c2ncc(F)cc12)NC(=O)c1c(Cl)cccc1Cl.[C-]#[N+]c1ccc(-c2ccc(C[C@H](NC(=O)c3c(Cl)cccc3Cl)C(=O)O)c3cc(F)cnc23)c(Cl)c1.[C-]#[N+]c1ccc(B(O)O)c(Cl)c1. The van der Waals surface area contributed by atoms with Gasteiger partial charge in [-0.1, -0.05) is 124 Å². The molecule has 24 heteroatoms. The molecular formula is C53H34BBrCl6F2N6O8. The van der Waals surface area contributed by atoms with Crippen molar-refractivity contribution in [2.24, 2.45) is 0 Å². The van der Waals surface area contributed by atoms with E-state index in [9.17, 15) is 33.1 Å². The van der Waals surface area contributed by atoms with Crippen molar-refractivity contribution in [1.29, 1.82) is 0 Å². The first kappa shape index (κ1) is 59.3. The van der Waals surface area contributed by atoms with E-state index in [0.29, 0.717) is 64.9 Å². The Morgan fingerprint density at radius 2 is 1.09 bits per heavy atom. The van der Waals surface area contributed by atoms with E-state index >= 15 is 0 Å². The lowest BCUT2D eigenvalue weighted by molar-refractivity contribution is -0.143. The van der Waals surface area contributed by atoms with Gasteiger partial charge in [0.25, 0.3) is 11.8 Å². The minimum absolute atomic E-state index is 0.0440. The van der Waals surface area contributed by atoms with Crippen molar-refractivity contribution in [3.8, 4) is 11.1 Å². The largest absolute Gasteiger partial charge is 0.489 e. The predicted molar refractivity (Wildman–Crippen MR) is 298 cm³/mol. The number of carbonyl (C=O) groups excluding carboxylic acids is 3. The summed E-state index contributed by atoms with van der Waals surface area (Å²) in [6, 6.07) is 25.1. The highest BCUT2D eigenvalue weighted by molar-refractivity contribution is 9.10. The van der Waals surface area contributed by atoms with E-state index in [1.165, 1.54) is 67.8 Å². The summed E-state index contributed by atoms with van der Waals surface area (Å²) in [4.78, 5) is 64.6. The molecule has 2 heterocycles. The van der Waals surface area contributed by atoms with E-state index in [0.717, 1.165) is 12.4 Å². The van der Waals surface area contributed by atoms with E-state index in [1.807, 2.05) is 0 Å². The molecule has 6 aromatic carbocycles. The van der Waals surface area contributed by atoms with Crippen molar-refractivity contribution < 1.29 is 47.9 Å². The van der Waals surface area contributed by atoms with E-state index in [-0.39, 0.29) is 54.5 Å². The molecule has 8 aromatic rings. The van der Waals surface area contributed by atoms with Gasteiger partial charge in [-0.15, -0.1) is 0 Å². The van der Waals surface area contributed by atoms with Crippen LogP contribution in [0, 0.1) is 24.8 Å². The van der Waals surface area contributed by atoms with Crippen molar-refractivity contribution in [1.82, 2.24) is 20.6 Å². The Bertz CT molecular complexity index is 3660. The van der Waals surface area contributed by atoms with Gasteiger partial charge in [-0.2, -0.15) is 0 Å². The summed E-state index contributed by atoms with van der Waals surface area (Å²) in [7, 11) is -0.373. The fraction of sp³-hybridized carbons (Fsp3) is 0.0943. The van der Waals surface area contributed by atoms with Crippen molar-refractivity contribution in [2.75, 3.05) is 7.11 Å². The van der Waals surface area contributed by atoms with Crippen molar-refractivity contribution in [3.63, 3.8) is 0 Å². The number of nitrogens with one attached hydrogen (secondary N) is 2. The lowest BCUT2D eigenvalue weighted by Gasteiger charge is -2.18. The highest BCUT2D eigenvalue weighted by Gasteiger charge is 2.28. The second-order valence-corrected chi connectivity index (χ2v) is 19.4. The van der Waals surface area contributed by atoms with Crippen LogP contribution in [0.2, 0.25) is 30.1 Å². The first-order valence-corrected chi connectivity index (χ1v) is 25.0. The number of hydrogen-bond acceptors (Lipinski definition) is 9. The number of aromatic nitrogens is 2. The number of rotatable bonds is 12. The molecule has 0 aliphatic rings. The molecule has 2 aromatic heterocycles. The normalized spacial score (nSPS) is 11.4. The molecule has 8 rings (SSSR count). The van der Waals surface area contributed by atoms with Crippen LogP contribution in [0.3, 0.4) is 0 Å². The Labute approximate surface area is 476 Å². The third kappa shape index (κ3) is 14.8. The van der Waals surface area contributed by atoms with Gasteiger partial charge in [-0.25, -0.2) is 28.1 Å². The van der Waals surface area contributed by atoms with Crippen LogP contribution >= 0.6 is 85.5 Å². The van der Waals surface area contributed by atoms with Crippen LogP contribution in [0.25, 0.3) is 42.6 Å². The number of pyridine rings is 2. The predicted octanol–water partition coefficient (Wildman–Crippen LogP) is 12.5. The maximum atomic E-state index is 14.2. The van der Waals surface area contributed by atoms with E-state index in [2.05, 4.69) is 46.2 Å². The van der Waals surface area contributed by atoms with E-state index in [1.54, 1.807) is 48.5 Å². The quantitative estimate of drug-likeness (QED) is 0.0446. The molecule has 0 radical (unpaired) electrons. The van der Waals surface area contributed by atoms with Gasteiger partial charge in [-0.3, -0.25) is 19.6 Å². The molecule has 5 N–H and O–H groups in total. The first-order chi connectivity index (χ1) is 36.6. The van der Waals surface area contributed by atoms with Gasteiger partial charge < -0.3 is 30.5 Å². The molecule has 2 atom stereocenters. The highest BCUT2D eigenvalue weighted by Crippen LogP contribution is 2.37. The van der Waals surface area contributed by atoms with Gasteiger partial charge in [-0.05, 0) is 92.7 Å². The Hall–Kier alpha value is -6.94. The topological polar surface area (TPSA) is 197 Å². The fourth-order valence-corrected chi connectivity index (χ4v) is 9.63. The van der Waals surface area contributed by atoms with Crippen molar-refractivity contribution in [3.05, 3.63) is 213 Å². The third-order valence-electron chi connectivity index (χ3n) is 11.1. The Morgan fingerprint density at radius 1 is 0.636 bits per heavy atom. The number of carboxylic acids is 1. The molecular weight excluding hydrogens is 1190 g/mol. The molecule has 0 aliphatic carbocycles. The number of amides is 2. The maximum Gasteiger partial charge on any atom is 0.489 e. The Balaban J connectivity index is 0.000000209. The summed E-state index contributed by atoms with van der Waals surface area (Å²) >= 11 is 39.7. The second-order valence-electron chi connectivity index (χ2n) is 16.1. The van der Waals surface area contributed by atoms with E-state index in [4.69, 9.17) is 97.5 Å². The number of esters is 1. The van der Waals surface area contributed by atoms with Crippen LogP contribution in [-0.2, 0) is 27.2 Å². The number of carbonyl (C=O) groups is 4. The summed E-state index contributed by atoms with van der Waals surface area (Å²) in [5.41, 5.74) is 4.09. The number of methoxy groups -OCH3 is 1. The zero-order chi connectivity index (χ0) is 56.2. The molecule has 14 nitrogen and oxygen atoms in total. The molecule has 0 saturated heterocycles. The average Bonchev–Trinajstić information content (AvgIpc) is 3.39. The van der Waals surface area contributed by atoms with Gasteiger partial charge in [0.2, 0.25) is 0 Å². The number of halogens is 9. The zero-order valence-electron chi connectivity index (χ0n) is 39.3. The van der Waals surface area contributed by atoms with Crippen LogP contribution in [0.5, 0.6) is 0 Å². The van der Waals surface area contributed by atoms with Gasteiger partial charge in [0.05, 0.1) is 74.9 Å². The lowest BCUT2D eigenvalue weighted by atomic mass is 9.80. The number of hydrogen-bond donors (Lipinski definition) is 5. The Morgan fingerprint density at radius 3 is 1.57 bits per heavy atom. The van der Waals surface area contributed by atoms with Gasteiger partial charge in [0.15, 0.2) is 11.4 Å². The standard InChI is InChI=1S/C26H15Cl3FN3O3.C20H14BrCl2FN2O3.C7H5BClNO2/c1-31-15-6-8-16(21(29)11-15)17-7-5-13(18-10-14(30)12-32-24(17)18)9-22(26(35)36)33-25(34)23-19(27)3-2-4-20(23)28;1-29-20(28)16(26-19(27)17-14(22)3-2-4-15(17)23)7-10-5-6-13(21)18-12(10)8-11(24)9-25-18;1-10-5-2-3-6(8(11)12)7(9)4-5/h2-8,10-12,22H,9H2,(H,33,34)(H,35,36);2-6,8-9,16H,7H2,1H3,(H,26,27);2-4,11-12H/t22-;16-;/m00./s1. The summed E-state index contributed by atoms with van der Waals surface area (Å²) in [5.74, 6) is -4.48. The second kappa shape index (κ2) is 26.9. The minimum Gasteiger partial charge on any atom is -0.480 e. The molecule has 0 unspecified atom stereocenters. The number of fused-ring (bicyclic) bond motifs is 2. The van der Waals surface area contributed by atoms with Gasteiger partial charge >= 0.3 is 19.1 Å². The first-order valence-electron chi connectivity index (χ1n) is 22.0. The highest BCUT2D eigenvalue weighted by atomic mass is 79.9. The van der Waals surface area contributed by atoms with Gasteiger partial charge in [0.1, 0.15) is 23.7 Å². The minimum atomic E-state index is -1.59. The van der Waals surface area contributed by atoms with Crippen LogP contribution in [0.15, 0.2) is 126 Å². The zero-order valence-corrected chi connectivity index (χ0v) is 45.4. The molecule has 0 aliphatic heterocycles. The lowest BCUT2D eigenvalue weighted by Crippen LogP contribution is -2.43. The van der Waals surface area contributed by atoms with Crippen molar-refractivity contribution in [2.45, 2.75) is 24.9 Å². The van der Waals surface area contributed by atoms with Crippen LogP contribution in [0.1, 0.15) is 31.8 Å². The number of ether oxygens (including phenoxy) is 1. The molecule has 0 saturated carbocycles. The third-order valence-corrected chi connectivity index (χ3v) is 13.7. The summed E-state index contributed by atoms with van der Waals surface area (Å²) < 4.78 is 33.5. The van der Waals surface area contributed by atoms with Gasteiger partial charge in [0, 0.05) is 43.7 Å². The summed E-state index contributed by atoms with van der Waals surface area (Å²) in [6.45, 7) is 13.8. The van der Waals surface area contributed by atoms with Crippen molar-refractivity contribution >= 4 is 155 Å². The number of aliphatic carboxylic acids is 1. The molecule has 390 valence electrons. The molecule has 0 spiro atoms. The summed E-state index contributed by atoms with van der Waals surface area (Å²) in [5, 5.41) is 34.2. The van der Waals surface area contributed by atoms with Crippen LogP contribution in [0.4, 0.5) is 20.2 Å². The molecule has 2 amide bonds. The summed E-state index contributed by atoms with van der Waals surface area (Å²) in [6.07, 6.45) is 2.04. The Kier molecular flexibility index (Phi) is 20.7. The fourth-order valence-electron chi connectivity index (χ4n) is 7.49. The molecule has 0 fully saturated rings. The smallest absolute Gasteiger partial charge is 0.480 e. The van der Waals surface area contributed by atoms with Crippen LogP contribution in [-0.4, -0.2) is 75.2 Å². The maximum absolute atomic E-state index is 14.2. The number of benzene rings is 6. The number of nitrogens with zero attached hydrogens (tertiary/aromatic N) is 4. The average molecular weight is 1220 g/mol. The molecule has 0 bridgehead atoms. The monoisotopic (exact) mass is 1220 g/mol. The number of carboxylic acid groups (broad SMARTS) is 1. The van der Waals surface area contributed by atoms with E-state index < -0.39 is 54.6 Å².